The van der Waals surface area contributed by atoms with Gasteiger partial charge in [0.15, 0.2) is 0 Å². The van der Waals surface area contributed by atoms with Crippen LogP contribution in [0.5, 0.6) is 0 Å². The van der Waals surface area contributed by atoms with Crippen molar-refractivity contribution in [3.05, 3.63) is 77.2 Å². The van der Waals surface area contributed by atoms with E-state index >= 15 is 0 Å². The number of benzene rings is 1. The molecule has 3 aromatic heterocycles. The van der Waals surface area contributed by atoms with E-state index in [4.69, 9.17) is 4.42 Å². The molecule has 1 fully saturated rings. The van der Waals surface area contributed by atoms with Crippen molar-refractivity contribution < 1.29 is 31.5 Å². The molecule has 1 N–H and O–H groups in total. The van der Waals surface area contributed by atoms with E-state index < -0.39 is 34.5 Å². The van der Waals surface area contributed by atoms with Gasteiger partial charge in [0.25, 0.3) is 0 Å². The van der Waals surface area contributed by atoms with Gasteiger partial charge in [0.1, 0.15) is 29.3 Å². The third-order valence-corrected chi connectivity index (χ3v) is 7.35. The number of fused-ring (bicyclic) bond motifs is 5. The molecule has 0 saturated heterocycles. The van der Waals surface area contributed by atoms with Crippen molar-refractivity contribution in [2.24, 2.45) is 0 Å². The van der Waals surface area contributed by atoms with Gasteiger partial charge in [-0.05, 0) is 55.9 Å². The number of alkyl halides is 3. The van der Waals surface area contributed by atoms with Crippen LogP contribution in [-0.2, 0) is 11.0 Å². The SMILES string of the molecule is C[C@@](O)(c1coc(-c2cncc([C@]34CC[C@H](C3)c3cc(-c5c(F)cccc5F)nnc34)n2)n1)C(F)(F)F. The number of rotatable bonds is 4. The van der Waals surface area contributed by atoms with E-state index in [9.17, 15) is 27.1 Å². The van der Waals surface area contributed by atoms with Crippen LogP contribution in [-0.4, -0.2) is 36.4 Å². The number of oxazole rings is 1. The molecule has 2 aliphatic rings. The Balaban J connectivity index is 1.39. The maximum atomic E-state index is 14.3. The highest BCUT2D eigenvalue weighted by molar-refractivity contribution is 5.63. The van der Waals surface area contributed by atoms with Crippen LogP contribution in [0, 0.1) is 11.6 Å². The second-order valence-electron chi connectivity index (χ2n) is 9.55. The van der Waals surface area contributed by atoms with Gasteiger partial charge < -0.3 is 9.52 Å². The van der Waals surface area contributed by atoms with Crippen LogP contribution in [0.4, 0.5) is 22.0 Å². The predicted molar refractivity (Wildman–Crippen MR) is 118 cm³/mol. The highest BCUT2D eigenvalue weighted by Crippen LogP contribution is 2.59. The van der Waals surface area contributed by atoms with Crippen LogP contribution in [0.1, 0.15) is 54.7 Å². The Morgan fingerprint density at radius 3 is 2.54 bits per heavy atom. The van der Waals surface area contributed by atoms with Gasteiger partial charge in [-0.2, -0.15) is 18.3 Å². The summed E-state index contributed by atoms with van der Waals surface area (Å²) in [5.74, 6) is -1.63. The topological polar surface area (TPSA) is 97.8 Å². The quantitative estimate of drug-likeness (QED) is 0.373. The summed E-state index contributed by atoms with van der Waals surface area (Å²) in [5, 5.41) is 18.4. The van der Waals surface area contributed by atoms with Crippen molar-refractivity contribution in [3.8, 4) is 22.8 Å². The molecule has 2 bridgehead atoms. The summed E-state index contributed by atoms with van der Waals surface area (Å²) < 4.78 is 73.5. The average molecular weight is 515 g/mol. The van der Waals surface area contributed by atoms with E-state index in [-0.39, 0.29) is 28.8 Å². The molecule has 12 heteroatoms. The number of aliphatic hydroxyl groups is 1. The Labute approximate surface area is 206 Å². The van der Waals surface area contributed by atoms with Crippen LogP contribution < -0.4 is 0 Å². The first-order valence-corrected chi connectivity index (χ1v) is 11.4. The van der Waals surface area contributed by atoms with Crippen LogP contribution in [0.15, 0.2) is 47.3 Å². The zero-order valence-corrected chi connectivity index (χ0v) is 19.2. The molecule has 1 aromatic carbocycles. The van der Waals surface area contributed by atoms with Crippen molar-refractivity contribution in [1.82, 2.24) is 25.1 Å². The van der Waals surface area contributed by atoms with Gasteiger partial charge in [0, 0.05) is 6.20 Å². The molecule has 3 atom stereocenters. The first-order valence-electron chi connectivity index (χ1n) is 11.4. The van der Waals surface area contributed by atoms with Gasteiger partial charge in [-0.15, -0.1) is 5.10 Å². The lowest BCUT2D eigenvalue weighted by molar-refractivity contribution is -0.260. The van der Waals surface area contributed by atoms with Gasteiger partial charge in [-0.3, -0.25) is 4.98 Å². The van der Waals surface area contributed by atoms with Crippen molar-refractivity contribution in [3.63, 3.8) is 0 Å². The molecule has 6 rings (SSSR count). The van der Waals surface area contributed by atoms with Gasteiger partial charge in [-0.25, -0.2) is 18.7 Å². The van der Waals surface area contributed by atoms with E-state index in [1.54, 1.807) is 12.3 Å². The van der Waals surface area contributed by atoms with Crippen LogP contribution >= 0.6 is 0 Å². The van der Waals surface area contributed by atoms with Crippen molar-refractivity contribution in [2.75, 3.05) is 0 Å². The average Bonchev–Trinajstić information content (AvgIpc) is 3.59. The molecule has 37 heavy (non-hydrogen) atoms. The number of nitrogens with zero attached hydrogens (tertiary/aromatic N) is 5. The fourth-order valence-corrected chi connectivity index (χ4v) is 5.29. The predicted octanol–water partition coefficient (Wildman–Crippen LogP) is 5.20. The molecule has 4 aromatic rings. The Kier molecular flexibility index (Phi) is 5.00. The Morgan fingerprint density at radius 2 is 1.81 bits per heavy atom. The lowest BCUT2D eigenvalue weighted by Crippen LogP contribution is -2.39. The fourth-order valence-electron chi connectivity index (χ4n) is 5.29. The van der Waals surface area contributed by atoms with E-state index in [1.165, 1.54) is 12.3 Å². The summed E-state index contributed by atoms with van der Waals surface area (Å²) in [4.78, 5) is 12.6. The second-order valence-corrected chi connectivity index (χ2v) is 9.55. The first-order chi connectivity index (χ1) is 17.5. The molecule has 1 saturated carbocycles. The number of aromatic nitrogens is 5. The molecule has 0 aliphatic heterocycles. The zero-order valence-electron chi connectivity index (χ0n) is 19.2. The summed E-state index contributed by atoms with van der Waals surface area (Å²) >= 11 is 0. The van der Waals surface area contributed by atoms with E-state index in [0.717, 1.165) is 30.4 Å². The zero-order chi connectivity index (χ0) is 26.2. The van der Waals surface area contributed by atoms with Crippen LogP contribution in [0.2, 0.25) is 0 Å². The molecule has 3 heterocycles. The van der Waals surface area contributed by atoms with Gasteiger partial charge in [-0.1, -0.05) is 6.07 Å². The van der Waals surface area contributed by atoms with Crippen LogP contribution in [0.25, 0.3) is 22.8 Å². The van der Waals surface area contributed by atoms with Crippen LogP contribution in [0.3, 0.4) is 0 Å². The maximum Gasteiger partial charge on any atom is 0.422 e. The largest absolute Gasteiger partial charge is 0.443 e. The summed E-state index contributed by atoms with van der Waals surface area (Å²) in [6, 6.07) is 5.25. The number of hydrogen-bond acceptors (Lipinski definition) is 7. The number of hydrogen-bond donors (Lipinski definition) is 1. The fraction of sp³-hybridized carbons (Fsp3) is 0.320. The third-order valence-electron chi connectivity index (χ3n) is 7.35. The minimum atomic E-state index is -4.96. The Morgan fingerprint density at radius 1 is 1.05 bits per heavy atom. The molecule has 2 aliphatic carbocycles. The molecule has 0 unspecified atom stereocenters. The smallest absolute Gasteiger partial charge is 0.422 e. The second kappa shape index (κ2) is 7.85. The molecule has 0 amide bonds. The molecule has 190 valence electrons. The van der Waals surface area contributed by atoms with Crippen molar-refractivity contribution in [1.29, 1.82) is 0 Å². The summed E-state index contributed by atoms with van der Waals surface area (Å²) in [5.41, 5.74) is -2.67. The summed E-state index contributed by atoms with van der Waals surface area (Å²) in [6.07, 6.45) is 0.701. The maximum absolute atomic E-state index is 14.3. The van der Waals surface area contributed by atoms with Gasteiger partial charge >= 0.3 is 6.18 Å². The summed E-state index contributed by atoms with van der Waals surface area (Å²) in [7, 11) is 0. The monoisotopic (exact) mass is 515 g/mol. The Hall–Kier alpha value is -3.80. The van der Waals surface area contributed by atoms with E-state index in [0.29, 0.717) is 31.2 Å². The highest BCUT2D eigenvalue weighted by atomic mass is 19.4. The standard InChI is InChI=1S/C25H18F5N5O2/c1-23(36,25(28,29)30)19-11-37-22(33-19)17-9-31-10-18(32-17)24-6-5-12(8-24)13-7-16(34-35-21(13)24)20-14(26)3-2-4-15(20)27/h2-4,7,9-12,36H,5-6,8H2,1H3/t12-,23-,24+/m1/s1. The summed E-state index contributed by atoms with van der Waals surface area (Å²) in [6.45, 7) is 0.587. The molecular weight excluding hydrogens is 497 g/mol. The molecule has 0 spiro atoms. The lowest BCUT2D eigenvalue weighted by Gasteiger charge is -2.26. The molecule has 7 nitrogen and oxygen atoms in total. The lowest BCUT2D eigenvalue weighted by atomic mass is 9.80. The van der Waals surface area contributed by atoms with Crippen molar-refractivity contribution >= 4 is 0 Å². The minimum Gasteiger partial charge on any atom is -0.443 e. The van der Waals surface area contributed by atoms with E-state index in [1.807, 2.05) is 0 Å². The van der Waals surface area contributed by atoms with Gasteiger partial charge in [0.2, 0.25) is 11.5 Å². The normalized spacial score (nSPS) is 22.2. The van der Waals surface area contributed by atoms with Gasteiger partial charge in [0.05, 0.1) is 34.3 Å². The molecule has 0 radical (unpaired) electrons. The Bertz CT molecular complexity index is 1520. The highest BCUT2D eigenvalue weighted by Gasteiger charge is 2.54. The molecular formula is C25H18F5N5O2. The minimum absolute atomic E-state index is 0.0692. The van der Waals surface area contributed by atoms with E-state index in [2.05, 4.69) is 25.1 Å². The number of halogens is 5. The first kappa shape index (κ1) is 23.6. The third kappa shape index (κ3) is 3.45. The van der Waals surface area contributed by atoms with Crippen molar-refractivity contribution in [2.45, 2.75) is 49.3 Å².